The smallest absolute Gasteiger partial charge is 0.778 e. The zero-order chi connectivity index (χ0) is 14.0. The molecule has 0 amide bonds. The molecule has 0 fully saturated rings. The van der Waals surface area contributed by atoms with Crippen LogP contribution in [0, 0.1) is 5.92 Å². The summed E-state index contributed by atoms with van der Waals surface area (Å²) in [4.78, 5) is 58.9. The van der Waals surface area contributed by atoms with Gasteiger partial charge < -0.3 is 48.5 Å². The first kappa shape index (κ1) is 20.2. The fraction of sp³-hybridized carbons (Fsp3) is 0.600. The zero-order valence-electron chi connectivity index (χ0n) is 8.29. The minimum atomic E-state index is -5.85. The van der Waals surface area contributed by atoms with Gasteiger partial charge in [0, 0.05) is 17.9 Å². The van der Waals surface area contributed by atoms with E-state index >= 15 is 0 Å². The van der Waals surface area contributed by atoms with Crippen molar-refractivity contribution in [3.8, 4) is 0 Å². The molecule has 103 valence electrons. The van der Waals surface area contributed by atoms with Gasteiger partial charge in [-0.25, -0.2) is 0 Å². The first-order valence-electron chi connectivity index (χ1n) is 3.85. The average molecular weight is 387 g/mol. The van der Waals surface area contributed by atoms with Crippen LogP contribution in [-0.2, 0) is 38.8 Å². The summed E-state index contributed by atoms with van der Waals surface area (Å²) < 4.78 is 21.3. The maximum Gasteiger partial charge on any atom is 4.00 e. The Balaban J connectivity index is 0. The van der Waals surface area contributed by atoms with Gasteiger partial charge in [-0.2, -0.15) is 0 Å². The fourth-order valence-corrected chi connectivity index (χ4v) is 3.97. The molecule has 0 saturated heterocycles. The molecule has 0 spiro atoms. The van der Waals surface area contributed by atoms with Gasteiger partial charge in [0.25, 0.3) is 0 Å². The summed E-state index contributed by atoms with van der Waals surface area (Å²) in [6.45, 7) is 0. The van der Waals surface area contributed by atoms with Crippen molar-refractivity contribution in [2.24, 2.45) is 5.92 Å². The first-order valence-corrected chi connectivity index (χ1v) is 7.14. The van der Waals surface area contributed by atoms with Crippen LogP contribution < -0.4 is 20.0 Å². The van der Waals surface area contributed by atoms with E-state index in [-0.39, 0.29) is 20.1 Å². The topological polar surface area (TPSA) is 201 Å². The Kier molecular flexibility index (Phi) is 7.73. The van der Waals surface area contributed by atoms with E-state index in [0.29, 0.717) is 0 Å². The van der Waals surface area contributed by atoms with E-state index in [1.165, 1.54) is 0 Å². The normalized spacial score (nSPS) is 20.7. The van der Waals surface area contributed by atoms with Gasteiger partial charge >= 0.3 is 20.1 Å². The molecule has 0 rings (SSSR count). The average Bonchev–Trinajstić information content (AvgIpc) is 1.95. The van der Waals surface area contributed by atoms with E-state index in [9.17, 15) is 38.7 Å². The maximum absolute atomic E-state index is 10.7. The molecule has 3 atom stereocenters. The van der Waals surface area contributed by atoms with Crippen LogP contribution in [0.4, 0.5) is 0 Å². The summed E-state index contributed by atoms with van der Waals surface area (Å²) in [5.74, 6) is -7.15. The Morgan fingerprint density at radius 3 is 1.56 bits per heavy atom. The number of hydrogen-bond donors (Lipinski definition) is 2. The first-order chi connectivity index (χ1) is 7.37. The Bertz CT molecular complexity index is 386. The summed E-state index contributed by atoms with van der Waals surface area (Å²) in [6.07, 6.45) is -1.56. The van der Waals surface area contributed by atoms with Crippen molar-refractivity contribution in [1.82, 2.24) is 0 Å². The van der Waals surface area contributed by atoms with Gasteiger partial charge in [0.05, 0.1) is 5.40 Å². The number of carboxylic acids is 2. The van der Waals surface area contributed by atoms with Gasteiger partial charge in [0.2, 0.25) is 0 Å². The second kappa shape index (κ2) is 6.88. The van der Waals surface area contributed by atoms with E-state index in [0.717, 1.165) is 0 Å². The van der Waals surface area contributed by atoms with Crippen LogP contribution in [-0.4, -0.2) is 27.1 Å². The molecule has 13 heteroatoms. The van der Waals surface area contributed by atoms with Crippen molar-refractivity contribution in [3.63, 3.8) is 0 Å². The summed E-state index contributed by atoms with van der Waals surface area (Å²) in [7, 11) is -11.7. The third-order valence-corrected chi connectivity index (χ3v) is 5.53. The molecule has 0 heterocycles. The van der Waals surface area contributed by atoms with Crippen molar-refractivity contribution < 1.29 is 68.6 Å². The molecular weight excluding hydrogens is 381 g/mol. The Morgan fingerprint density at radius 2 is 1.39 bits per heavy atom. The van der Waals surface area contributed by atoms with Crippen molar-refractivity contribution >= 4 is 27.1 Å². The quantitative estimate of drug-likeness (QED) is 0.415. The van der Waals surface area contributed by atoms with Gasteiger partial charge in [0.1, 0.15) is 15.2 Å². The number of carboxylic acid groups (broad SMARTS) is 2. The second-order valence-electron chi connectivity index (χ2n) is 3.04. The molecule has 2 N–H and O–H groups in total. The Morgan fingerprint density at radius 1 is 1.06 bits per heavy atom. The molecule has 0 aromatic heterocycles. The van der Waals surface area contributed by atoms with Gasteiger partial charge in [-0.3, -0.25) is 0 Å². The van der Waals surface area contributed by atoms with Crippen molar-refractivity contribution in [2.45, 2.75) is 11.8 Å². The predicted molar refractivity (Wildman–Crippen MR) is 41.6 cm³/mol. The molecule has 0 aliphatic heterocycles. The Hall–Kier alpha value is -0.111. The minimum absolute atomic E-state index is 0. The molecule has 0 saturated carbocycles. The van der Waals surface area contributed by atoms with Crippen LogP contribution >= 0.6 is 15.2 Å². The number of hydrogen-bond acceptors (Lipinski definition) is 8. The van der Waals surface area contributed by atoms with Gasteiger partial charge in [-0.05, 0) is 6.42 Å². The van der Waals surface area contributed by atoms with Crippen LogP contribution in [0.3, 0.4) is 0 Å². The molecule has 0 bridgehead atoms. The van der Waals surface area contributed by atoms with Crippen LogP contribution in [0.1, 0.15) is 6.42 Å². The number of carbonyl (C=O) groups is 2. The zero-order valence-corrected chi connectivity index (χ0v) is 11.9. The standard InChI is InChI=1S/C5H10O10P2.Tc/c6-3(7)1-2(4(8)9)5(16(10,11)12)17(13,14)15;/h2,5H,1H2,(H,6,7)(H,8,9)(H2,10,11,12)(H2,13,14,15);/q;+4/p-4/i;1+1. The molecule has 0 aliphatic rings. The number of carbonyl (C=O) groups excluding carboxylic acids is 2. The maximum atomic E-state index is 10.7. The minimum Gasteiger partial charge on any atom is -0.778 e. The van der Waals surface area contributed by atoms with Gasteiger partial charge in [0.15, 0.2) is 0 Å². The van der Waals surface area contributed by atoms with E-state index in [1.54, 1.807) is 0 Å². The fourth-order valence-electron chi connectivity index (χ4n) is 1.13. The van der Waals surface area contributed by atoms with E-state index in [2.05, 4.69) is 0 Å². The molecule has 0 aromatic rings. The van der Waals surface area contributed by atoms with Gasteiger partial charge in [-0.1, -0.05) is 0 Å². The van der Waals surface area contributed by atoms with E-state index in [1.807, 2.05) is 0 Å². The monoisotopic (exact) mass is 387 g/mol. The third-order valence-electron chi connectivity index (χ3n) is 1.72. The molecule has 0 aliphatic carbocycles. The third kappa shape index (κ3) is 6.17. The van der Waals surface area contributed by atoms with E-state index in [4.69, 9.17) is 9.79 Å². The Labute approximate surface area is 114 Å². The van der Waals surface area contributed by atoms with Crippen molar-refractivity contribution in [2.75, 3.05) is 0 Å². The number of rotatable bonds is 6. The summed E-state index contributed by atoms with van der Waals surface area (Å²) in [5, 5.41) is 17.4. The van der Waals surface area contributed by atoms with Crippen molar-refractivity contribution in [1.29, 1.82) is 0 Å². The van der Waals surface area contributed by atoms with Crippen LogP contribution in [0.25, 0.3) is 0 Å². The summed E-state index contributed by atoms with van der Waals surface area (Å²) in [5.41, 5.74) is 0. The predicted octanol–water partition coefficient (Wildman–Crippen LogP) is -5.09. The van der Waals surface area contributed by atoms with Crippen LogP contribution in [0.15, 0.2) is 0 Å². The summed E-state index contributed by atoms with van der Waals surface area (Å²) >= 11 is 0. The molecule has 18 heavy (non-hydrogen) atoms. The van der Waals surface area contributed by atoms with Crippen molar-refractivity contribution in [3.05, 3.63) is 0 Å². The van der Waals surface area contributed by atoms with Crippen LogP contribution in [0.5, 0.6) is 0 Å². The SMILES string of the molecule is O=C([O-])CC(C(=O)[O-])C(P(=O)([O-])O)P(=O)([O-])O.[99Tc+4]. The second-order valence-corrected chi connectivity index (χ2v) is 6.82. The number of aliphatic carboxylic acids is 2. The van der Waals surface area contributed by atoms with Crippen LogP contribution in [0.2, 0.25) is 0 Å². The summed E-state index contributed by atoms with van der Waals surface area (Å²) in [6, 6.07) is 0. The molecular formula is C5H6O10P2Tc. The molecule has 10 nitrogen and oxygen atoms in total. The van der Waals surface area contributed by atoms with E-state index < -0.39 is 44.9 Å². The molecule has 3 unspecified atom stereocenters. The van der Waals surface area contributed by atoms with Gasteiger partial charge in [-0.15, -0.1) is 0 Å². The molecule has 1 radical (unpaired) electrons. The molecule has 0 aromatic carbocycles. The largest absolute Gasteiger partial charge is 4.00 e.